The number of nitrogens with one attached hydrogen (secondary N) is 1. The average molecular weight is 373 g/mol. The maximum atomic E-state index is 4.78. The van der Waals surface area contributed by atoms with Gasteiger partial charge in [0.15, 0.2) is 0 Å². The summed E-state index contributed by atoms with van der Waals surface area (Å²) in [5.41, 5.74) is 4.40. The quantitative estimate of drug-likeness (QED) is 0.260. The van der Waals surface area contributed by atoms with E-state index in [4.69, 9.17) is 9.98 Å². The van der Waals surface area contributed by atoms with Crippen LogP contribution in [0.3, 0.4) is 0 Å². The van der Waals surface area contributed by atoms with Crippen molar-refractivity contribution >= 4 is 34.1 Å². The fourth-order valence-electron chi connectivity index (χ4n) is 3.76. The average Bonchev–Trinajstić information content (AvgIpc) is 3.30. The lowest BCUT2D eigenvalue weighted by atomic mass is 10.1. The molecule has 0 spiro atoms. The van der Waals surface area contributed by atoms with Gasteiger partial charge in [-0.25, -0.2) is 9.98 Å². The van der Waals surface area contributed by atoms with Gasteiger partial charge in [-0.05, 0) is 24.6 Å². The number of aliphatic imine (C=N–C) groups is 1. The molecule has 0 radical (unpaired) electrons. The molecule has 2 heterocycles. The predicted molar refractivity (Wildman–Crippen MR) is 119 cm³/mol. The lowest BCUT2D eigenvalue weighted by Crippen LogP contribution is -1.98. The number of aromatic nitrogens is 3. The van der Waals surface area contributed by atoms with E-state index in [2.05, 4.69) is 52.9 Å². The van der Waals surface area contributed by atoms with Crippen LogP contribution in [0.5, 0.6) is 0 Å². The van der Waals surface area contributed by atoms with Gasteiger partial charge in [0.05, 0.1) is 11.0 Å². The van der Waals surface area contributed by atoms with E-state index < -0.39 is 0 Å². The highest BCUT2D eigenvalue weighted by Crippen LogP contribution is 2.24. The van der Waals surface area contributed by atoms with Crippen molar-refractivity contribution in [1.82, 2.24) is 14.5 Å². The first kappa shape index (κ1) is 18.5. The van der Waals surface area contributed by atoms with Crippen LogP contribution < -0.4 is 0 Å². The van der Waals surface area contributed by atoms with Gasteiger partial charge in [-0.15, -0.1) is 0 Å². The number of aryl methyl sites for hydroxylation is 1. The summed E-state index contributed by atoms with van der Waals surface area (Å²) in [7, 11) is 0. The number of unbranched alkanes of at least 4 members (excludes halogenated alkanes) is 5. The van der Waals surface area contributed by atoms with Crippen LogP contribution in [0.15, 0.2) is 59.7 Å². The first-order valence-electron chi connectivity index (χ1n) is 10.4. The first-order chi connectivity index (χ1) is 13.9. The molecule has 0 atom stereocenters. The minimum Gasteiger partial charge on any atom is -0.361 e. The van der Waals surface area contributed by atoms with Crippen molar-refractivity contribution in [2.45, 2.75) is 52.0 Å². The van der Waals surface area contributed by atoms with Crippen molar-refractivity contribution in [3.05, 3.63) is 60.3 Å². The molecule has 4 nitrogen and oxygen atoms in total. The second-order valence-corrected chi connectivity index (χ2v) is 7.37. The first-order valence-corrected chi connectivity index (χ1v) is 10.4. The third kappa shape index (κ3) is 4.01. The van der Waals surface area contributed by atoms with Crippen molar-refractivity contribution in [3.63, 3.8) is 0 Å². The second kappa shape index (κ2) is 8.87. The summed E-state index contributed by atoms with van der Waals surface area (Å²) in [5, 5.41) is 1.19. The highest BCUT2D eigenvalue weighted by atomic mass is 15.2. The Morgan fingerprint density at radius 2 is 1.75 bits per heavy atom. The Morgan fingerprint density at radius 3 is 2.68 bits per heavy atom. The molecule has 28 heavy (non-hydrogen) atoms. The topological polar surface area (TPSA) is 46.0 Å². The maximum absolute atomic E-state index is 4.78. The lowest BCUT2D eigenvalue weighted by Gasteiger charge is -2.06. The maximum Gasteiger partial charge on any atom is 0.230 e. The molecule has 0 amide bonds. The molecule has 144 valence electrons. The Morgan fingerprint density at radius 1 is 0.964 bits per heavy atom. The van der Waals surface area contributed by atoms with Gasteiger partial charge in [0, 0.05) is 35.4 Å². The number of benzene rings is 2. The molecular formula is C24H28N4. The summed E-state index contributed by atoms with van der Waals surface area (Å²) in [6, 6.07) is 16.6. The van der Waals surface area contributed by atoms with E-state index >= 15 is 0 Å². The van der Waals surface area contributed by atoms with Crippen molar-refractivity contribution in [1.29, 1.82) is 0 Å². The fourth-order valence-corrected chi connectivity index (χ4v) is 3.76. The Balaban J connectivity index is 1.56. The van der Waals surface area contributed by atoms with Gasteiger partial charge in [0.1, 0.15) is 0 Å². The highest BCUT2D eigenvalue weighted by molar-refractivity contribution is 5.99. The summed E-state index contributed by atoms with van der Waals surface area (Å²) >= 11 is 0. The summed E-state index contributed by atoms with van der Waals surface area (Å²) in [6.45, 7) is 3.23. The summed E-state index contributed by atoms with van der Waals surface area (Å²) < 4.78 is 2.26. The van der Waals surface area contributed by atoms with Gasteiger partial charge in [-0.2, -0.15) is 0 Å². The highest BCUT2D eigenvalue weighted by Gasteiger charge is 2.09. The predicted octanol–water partition coefficient (Wildman–Crippen LogP) is 6.63. The molecule has 0 saturated heterocycles. The number of H-pyrrole nitrogens is 1. The molecule has 4 aromatic rings. The van der Waals surface area contributed by atoms with E-state index in [1.165, 1.54) is 49.4 Å². The summed E-state index contributed by atoms with van der Waals surface area (Å²) in [4.78, 5) is 12.9. The SMILES string of the molecule is CCCCCCCCn1c(/N=C/c2c[nH]c3ccccc23)nc2ccccc21. The van der Waals surface area contributed by atoms with E-state index in [1.54, 1.807) is 0 Å². The van der Waals surface area contributed by atoms with Gasteiger partial charge in [0.2, 0.25) is 5.95 Å². The van der Waals surface area contributed by atoms with E-state index in [9.17, 15) is 0 Å². The second-order valence-electron chi connectivity index (χ2n) is 7.37. The largest absolute Gasteiger partial charge is 0.361 e. The molecule has 0 fully saturated rings. The Labute approximate surface area is 166 Å². The lowest BCUT2D eigenvalue weighted by molar-refractivity contribution is 0.565. The van der Waals surface area contributed by atoms with Gasteiger partial charge >= 0.3 is 0 Å². The van der Waals surface area contributed by atoms with Crippen LogP contribution in [0.1, 0.15) is 51.0 Å². The number of para-hydroxylation sites is 3. The van der Waals surface area contributed by atoms with Crippen molar-refractivity contribution in [3.8, 4) is 0 Å². The zero-order chi connectivity index (χ0) is 19.2. The molecule has 4 heteroatoms. The third-order valence-corrected chi connectivity index (χ3v) is 5.31. The van der Waals surface area contributed by atoms with Crippen molar-refractivity contribution < 1.29 is 0 Å². The summed E-state index contributed by atoms with van der Waals surface area (Å²) in [6.07, 6.45) is 11.7. The third-order valence-electron chi connectivity index (χ3n) is 5.31. The molecule has 2 aromatic carbocycles. The zero-order valence-corrected chi connectivity index (χ0v) is 16.6. The molecule has 0 bridgehead atoms. The van der Waals surface area contributed by atoms with Crippen LogP contribution in [0.25, 0.3) is 21.9 Å². The van der Waals surface area contributed by atoms with Gasteiger partial charge < -0.3 is 9.55 Å². The molecule has 0 saturated carbocycles. The van der Waals surface area contributed by atoms with E-state index in [1.807, 2.05) is 24.5 Å². The smallest absolute Gasteiger partial charge is 0.230 e. The normalized spacial score (nSPS) is 11.9. The number of hydrogen-bond acceptors (Lipinski definition) is 2. The minimum absolute atomic E-state index is 0.792. The molecule has 0 aliphatic rings. The van der Waals surface area contributed by atoms with E-state index in [0.29, 0.717) is 0 Å². The molecule has 0 aliphatic carbocycles. The molecule has 0 aliphatic heterocycles. The van der Waals surface area contributed by atoms with E-state index in [0.717, 1.165) is 29.1 Å². The number of nitrogens with zero attached hydrogens (tertiary/aromatic N) is 3. The standard InChI is InChI=1S/C24H28N4/c1-2-3-4-5-6-11-16-28-23-15-10-9-14-22(23)27-24(28)26-18-19-17-25-21-13-8-7-12-20(19)21/h7-10,12-15,17-18,25H,2-6,11,16H2,1H3/b26-18+. The number of rotatable bonds is 9. The monoisotopic (exact) mass is 372 g/mol. The minimum atomic E-state index is 0.792. The fraction of sp³-hybridized carbons (Fsp3) is 0.333. The van der Waals surface area contributed by atoms with Crippen molar-refractivity contribution in [2.24, 2.45) is 4.99 Å². The molecule has 1 N–H and O–H groups in total. The van der Waals surface area contributed by atoms with Crippen LogP contribution >= 0.6 is 0 Å². The number of fused-ring (bicyclic) bond motifs is 2. The number of aromatic amines is 1. The van der Waals surface area contributed by atoms with E-state index in [-0.39, 0.29) is 0 Å². The van der Waals surface area contributed by atoms with Gasteiger partial charge in [-0.1, -0.05) is 69.4 Å². The molecule has 2 aromatic heterocycles. The summed E-state index contributed by atoms with van der Waals surface area (Å²) in [5.74, 6) is 0.792. The van der Waals surface area contributed by atoms with Crippen LogP contribution in [0.4, 0.5) is 5.95 Å². The van der Waals surface area contributed by atoms with Crippen LogP contribution in [-0.2, 0) is 6.54 Å². The zero-order valence-electron chi connectivity index (χ0n) is 16.6. The molecular weight excluding hydrogens is 344 g/mol. The number of imidazole rings is 1. The molecule has 4 rings (SSSR count). The Bertz CT molecular complexity index is 1070. The Hall–Kier alpha value is -2.88. The van der Waals surface area contributed by atoms with Crippen LogP contribution in [-0.4, -0.2) is 20.7 Å². The Kier molecular flexibility index (Phi) is 5.86. The van der Waals surface area contributed by atoms with Crippen LogP contribution in [0.2, 0.25) is 0 Å². The van der Waals surface area contributed by atoms with Crippen LogP contribution in [0, 0.1) is 0 Å². The van der Waals surface area contributed by atoms with Gasteiger partial charge in [0.25, 0.3) is 0 Å². The molecule has 0 unspecified atom stereocenters. The number of hydrogen-bond donors (Lipinski definition) is 1. The van der Waals surface area contributed by atoms with Crippen molar-refractivity contribution in [2.75, 3.05) is 0 Å². The van der Waals surface area contributed by atoms with Gasteiger partial charge in [-0.3, -0.25) is 0 Å².